The van der Waals surface area contributed by atoms with Crippen LogP contribution >= 0.6 is 43.2 Å². The lowest BCUT2D eigenvalue weighted by Crippen LogP contribution is -2.32. The van der Waals surface area contributed by atoms with Gasteiger partial charge in [-0.05, 0) is 61.9 Å². The summed E-state index contributed by atoms with van der Waals surface area (Å²) in [4.78, 5) is 14.7. The number of fused-ring (bicyclic) bond motifs is 1. The van der Waals surface area contributed by atoms with E-state index in [2.05, 4.69) is 61.0 Å². The summed E-state index contributed by atoms with van der Waals surface area (Å²) in [5, 5.41) is 0. The summed E-state index contributed by atoms with van der Waals surface area (Å²) in [6, 6.07) is 10.5. The van der Waals surface area contributed by atoms with Crippen molar-refractivity contribution in [3.8, 4) is 0 Å². The molecule has 0 fully saturated rings. The van der Waals surface area contributed by atoms with Gasteiger partial charge in [0.2, 0.25) is 0 Å². The van der Waals surface area contributed by atoms with E-state index in [0.717, 1.165) is 39.1 Å². The molecule has 0 atom stereocenters. The van der Waals surface area contributed by atoms with E-state index in [0.29, 0.717) is 6.54 Å². The molecule has 0 aliphatic carbocycles. The second-order valence-corrected chi connectivity index (χ2v) is 8.96. The summed E-state index contributed by atoms with van der Waals surface area (Å²) < 4.78 is 1.90. The highest BCUT2D eigenvalue weighted by Gasteiger charge is 2.19. The first kappa shape index (κ1) is 15.4. The number of hydrogen-bond acceptors (Lipinski definition) is 3. The van der Waals surface area contributed by atoms with Crippen molar-refractivity contribution >= 4 is 49.0 Å². The highest BCUT2D eigenvalue weighted by atomic mass is 79.9. The fourth-order valence-electron chi connectivity index (χ4n) is 2.69. The molecular formula is C16H15Br2NOS. The van der Waals surface area contributed by atoms with Crippen molar-refractivity contribution in [3.05, 3.63) is 54.6 Å². The molecule has 21 heavy (non-hydrogen) atoms. The molecule has 0 saturated heterocycles. The molecule has 1 aliphatic rings. The Bertz CT molecular complexity index is 641. The molecule has 3 rings (SSSR count). The zero-order valence-electron chi connectivity index (χ0n) is 11.4. The first-order valence-electron chi connectivity index (χ1n) is 6.90. The van der Waals surface area contributed by atoms with E-state index in [1.165, 1.54) is 11.1 Å². The molecule has 0 unspecified atom stereocenters. The normalized spacial score (nSPS) is 15.5. The standard InChI is InChI=1S/C16H15Br2NOS/c17-15-9-13(16(18)21-15)14(20)10-19-7-5-11-3-1-2-4-12(11)6-8-19/h1-4,9H,5-8,10H2. The lowest BCUT2D eigenvalue weighted by Gasteiger charge is -2.18. The van der Waals surface area contributed by atoms with Crippen LogP contribution in [0.4, 0.5) is 0 Å². The molecule has 0 spiro atoms. The minimum atomic E-state index is 0.190. The van der Waals surface area contributed by atoms with Gasteiger partial charge in [-0.1, -0.05) is 24.3 Å². The molecule has 0 amide bonds. The van der Waals surface area contributed by atoms with Gasteiger partial charge in [-0.15, -0.1) is 11.3 Å². The lowest BCUT2D eigenvalue weighted by molar-refractivity contribution is 0.0933. The molecule has 0 radical (unpaired) electrons. The maximum absolute atomic E-state index is 12.4. The van der Waals surface area contributed by atoms with Crippen LogP contribution in [-0.2, 0) is 12.8 Å². The van der Waals surface area contributed by atoms with Gasteiger partial charge in [0.25, 0.3) is 0 Å². The molecule has 2 heterocycles. The topological polar surface area (TPSA) is 20.3 Å². The summed E-state index contributed by atoms with van der Waals surface area (Å²) >= 11 is 8.45. The Balaban J connectivity index is 1.67. The van der Waals surface area contributed by atoms with Gasteiger partial charge in [0.15, 0.2) is 5.78 Å². The van der Waals surface area contributed by atoms with Crippen LogP contribution < -0.4 is 0 Å². The van der Waals surface area contributed by atoms with Gasteiger partial charge < -0.3 is 0 Å². The largest absolute Gasteiger partial charge is 0.295 e. The van der Waals surface area contributed by atoms with Crippen LogP contribution in [0, 0.1) is 0 Å². The minimum Gasteiger partial charge on any atom is -0.295 e. The van der Waals surface area contributed by atoms with E-state index in [4.69, 9.17) is 0 Å². The van der Waals surface area contributed by atoms with Crippen molar-refractivity contribution in [2.75, 3.05) is 19.6 Å². The molecule has 2 nitrogen and oxygen atoms in total. The van der Waals surface area contributed by atoms with Gasteiger partial charge in [0.05, 0.1) is 14.1 Å². The van der Waals surface area contributed by atoms with Crippen LogP contribution in [-0.4, -0.2) is 30.3 Å². The van der Waals surface area contributed by atoms with Crippen molar-refractivity contribution in [1.29, 1.82) is 0 Å². The van der Waals surface area contributed by atoms with Gasteiger partial charge in [0, 0.05) is 18.7 Å². The van der Waals surface area contributed by atoms with E-state index in [9.17, 15) is 4.79 Å². The number of hydrogen-bond donors (Lipinski definition) is 0. The SMILES string of the molecule is O=C(CN1CCc2ccccc2CC1)c1cc(Br)sc1Br. The highest BCUT2D eigenvalue weighted by Crippen LogP contribution is 2.32. The Morgan fingerprint density at radius 3 is 2.29 bits per heavy atom. The fourth-order valence-corrected chi connectivity index (χ4v) is 5.55. The van der Waals surface area contributed by atoms with Crippen LogP contribution in [0.25, 0.3) is 0 Å². The Labute approximate surface area is 145 Å². The molecule has 1 aromatic heterocycles. The summed E-state index contributed by atoms with van der Waals surface area (Å²) in [6.45, 7) is 2.40. The van der Waals surface area contributed by atoms with Gasteiger partial charge in [-0.3, -0.25) is 9.69 Å². The molecule has 1 aromatic carbocycles. The van der Waals surface area contributed by atoms with Crippen molar-refractivity contribution < 1.29 is 4.79 Å². The minimum absolute atomic E-state index is 0.190. The zero-order valence-corrected chi connectivity index (χ0v) is 15.4. The lowest BCUT2D eigenvalue weighted by atomic mass is 10.0. The van der Waals surface area contributed by atoms with Crippen LogP contribution in [0.15, 0.2) is 37.9 Å². The third-order valence-corrected chi connectivity index (χ3v) is 6.18. The number of nitrogens with zero attached hydrogens (tertiary/aromatic N) is 1. The second-order valence-electron chi connectivity index (χ2n) is 5.21. The Morgan fingerprint density at radius 1 is 1.14 bits per heavy atom. The molecule has 1 aliphatic heterocycles. The molecule has 0 N–H and O–H groups in total. The quantitative estimate of drug-likeness (QED) is 0.668. The number of carbonyl (C=O) groups is 1. The number of benzene rings is 1. The van der Waals surface area contributed by atoms with Crippen LogP contribution in [0.3, 0.4) is 0 Å². The smallest absolute Gasteiger partial charge is 0.178 e. The number of Topliss-reactive ketones (excluding diaryl/α,β-unsaturated/α-hetero) is 1. The zero-order chi connectivity index (χ0) is 14.8. The van der Waals surface area contributed by atoms with Crippen molar-refractivity contribution in [2.24, 2.45) is 0 Å². The van der Waals surface area contributed by atoms with E-state index in [1.54, 1.807) is 11.3 Å². The van der Waals surface area contributed by atoms with Crippen LogP contribution in [0.2, 0.25) is 0 Å². The third kappa shape index (κ3) is 3.65. The molecule has 110 valence electrons. The summed E-state index contributed by atoms with van der Waals surface area (Å²) in [5.74, 6) is 0.190. The molecule has 0 saturated carbocycles. The maximum atomic E-state index is 12.4. The number of ketones is 1. The van der Waals surface area contributed by atoms with Gasteiger partial charge in [-0.2, -0.15) is 0 Å². The Morgan fingerprint density at radius 2 is 1.76 bits per heavy atom. The van der Waals surface area contributed by atoms with Gasteiger partial charge in [0.1, 0.15) is 0 Å². The summed E-state index contributed by atoms with van der Waals surface area (Å²) in [6.07, 6.45) is 2.05. The molecule has 0 bridgehead atoms. The van der Waals surface area contributed by atoms with Crippen LogP contribution in [0.1, 0.15) is 21.5 Å². The summed E-state index contributed by atoms with van der Waals surface area (Å²) in [7, 11) is 0. The second kappa shape index (κ2) is 6.73. The van der Waals surface area contributed by atoms with Crippen molar-refractivity contribution in [3.63, 3.8) is 0 Å². The monoisotopic (exact) mass is 427 g/mol. The number of rotatable bonds is 3. The summed E-state index contributed by atoms with van der Waals surface area (Å²) in [5.41, 5.74) is 3.63. The Kier molecular flexibility index (Phi) is 4.94. The first-order valence-corrected chi connectivity index (χ1v) is 9.31. The van der Waals surface area contributed by atoms with E-state index in [-0.39, 0.29) is 5.78 Å². The van der Waals surface area contributed by atoms with Gasteiger partial charge in [-0.25, -0.2) is 0 Å². The van der Waals surface area contributed by atoms with E-state index in [1.807, 2.05) is 6.07 Å². The third-order valence-electron chi connectivity index (χ3n) is 3.84. The molecule has 2 aromatic rings. The average Bonchev–Trinajstić information content (AvgIpc) is 2.69. The Hall–Kier alpha value is -0.490. The number of halogens is 2. The van der Waals surface area contributed by atoms with Crippen LogP contribution in [0.5, 0.6) is 0 Å². The maximum Gasteiger partial charge on any atom is 0.178 e. The molecule has 5 heteroatoms. The number of carbonyl (C=O) groups excluding carboxylic acids is 1. The van der Waals surface area contributed by atoms with E-state index < -0.39 is 0 Å². The predicted octanol–water partition coefficient (Wildman–Crippen LogP) is 4.56. The van der Waals surface area contributed by atoms with Crippen molar-refractivity contribution in [2.45, 2.75) is 12.8 Å². The predicted molar refractivity (Wildman–Crippen MR) is 94.3 cm³/mol. The average molecular weight is 429 g/mol. The fraction of sp³-hybridized carbons (Fsp3) is 0.312. The number of thiophene rings is 1. The van der Waals surface area contributed by atoms with Crippen molar-refractivity contribution in [1.82, 2.24) is 4.90 Å². The highest BCUT2D eigenvalue weighted by molar-refractivity contribution is 9.12. The first-order chi connectivity index (χ1) is 10.1. The van der Waals surface area contributed by atoms with E-state index >= 15 is 0 Å². The molecular weight excluding hydrogens is 414 g/mol. The van der Waals surface area contributed by atoms with Gasteiger partial charge >= 0.3 is 0 Å².